The molecular weight excluding hydrogens is 588 g/mol. The van der Waals surface area contributed by atoms with Gasteiger partial charge in [0, 0.05) is 18.9 Å². The number of benzene rings is 2. The second-order valence-corrected chi connectivity index (χ2v) is 13.6. The summed E-state index contributed by atoms with van der Waals surface area (Å²) < 4.78 is 22.0. The molecule has 1 aliphatic rings. The maximum absolute atomic E-state index is 14.3. The van der Waals surface area contributed by atoms with Crippen molar-refractivity contribution in [3.8, 4) is 5.75 Å². The summed E-state index contributed by atoms with van der Waals surface area (Å²) in [5.74, 6) is -1.11. The minimum absolute atomic E-state index is 0.0410. The van der Waals surface area contributed by atoms with Gasteiger partial charge in [-0.25, -0.2) is 9.59 Å². The van der Waals surface area contributed by atoms with Crippen molar-refractivity contribution in [1.29, 1.82) is 0 Å². The molecule has 1 fully saturated rings. The van der Waals surface area contributed by atoms with Crippen molar-refractivity contribution >= 4 is 40.8 Å². The molecule has 2 aromatic rings. The van der Waals surface area contributed by atoms with Gasteiger partial charge < -0.3 is 29.2 Å². The Morgan fingerprint density at radius 3 is 2.33 bits per heavy atom. The largest absolute Gasteiger partial charge is 0.496 e. The van der Waals surface area contributed by atoms with E-state index in [-0.39, 0.29) is 25.0 Å². The fourth-order valence-electron chi connectivity index (χ4n) is 5.87. The second kappa shape index (κ2) is 14.4. The van der Waals surface area contributed by atoms with Gasteiger partial charge in [-0.05, 0) is 58.2 Å². The summed E-state index contributed by atoms with van der Waals surface area (Å²) in [6.07, 6.45) is 4.09. The van der Waals surface area contributed by atoms with Gasteiger partial charge in [-0.2, -0.15) is 0 Å². The van der Waals surface area contributed by atoms with E-state index in [9.17, 15) is 19.2 Å². The fraction of sp³-hybridized carbons (Fsp3) is 0.500. The summed E-state index contributed by atoms with van der Waals surface area (Å²) >= 11 is 0. The van der Waals surface area contributed by atoms with Crippen LogP contribution in [-0.4, -0.2) is 68.3 Å². The predicted octanol–water partition coefficient (Wildman–Crippen LogP) is 6.16. The molecule has 3 rings (SSSR count). The normalized spacial score (nSPS) is 18.8. The van der Waals surface area contributed by atoms with Gasteiger partial charge in [-0.15, -0.1) is 6.58 Å². The zero-order valence-corrected chi connectivity index (χ0v) is 28.4. The number of esters is 2. The van der Waals surface area contributed by atoms with Crippen LogP contribution in [0.2, 0.25) is 0 Å². The van der Waals surface area contributed by atoms with E-state index in [1.54, 1.807) is 34.0 Å². The first-order valence-corrected chi connectivity index (χ1v) is 15.4. The SMILES string of the molecule is C=CCC(C)(C)CCOC(=O)N[C@H](C(=O)N1C[C@@](OC(C)=O)(c2ccc3cc(OC)c(C=C)cc3c2)C[C@H]1C(=O)OC)C(C)(C)C. The highest BCUT2D eigenvalue weighted by atomic mass is 16.6. The van der Waals surface area contributed by atoms with Crippen LogP contribution in [0.4, 0.5) is 4.79 Å². The molecule has 1 heterocycles. The number of methoxy groups -OCH3 is 2. The molecule has 3 atom stereocenters. The van der Waals surface area contributed by atoms with Crippen LogP contribution in [-0.2, 0) is 34.2 Å². The lowest BCUT2D eigenvalue weighted by molar-refractivity contribution is -0.158. The molecule has 0 bridgehead atoms. The van der Waals surface area contributed by atoms with Crippen molar-refractivity contribution in [3.63, 3.8) is 0 Å². The van der Waals surface area contributed by atoms with Gasteiger partial charge in [-0.1, -0.05) is 65.5 Å². The van der Waals surface area contributed by atoms with Crippen molar-refractivity contribution in [2.24, 2.45) is 10.8 Å². The summed E-state index contributed by atoms with van der Waals surface area (Å²) in [5.41, 5.74) is -0.870. The number of fused-ring (bicyclic) bond motifs is 1. The lowest BCUT2D eigenvalue weighted by atomic mass is 9.85. The van der Waals surface area contributed by atoms with Gasteiger partial charge in [0.25, 0.3) is 0 Å². The summed E-state index contributed by atoms with van der Waals surface area (Å²) in [5, 5.41) is 4.44. The third-order valence-corrected chi connectivity index (χ3v) is 8.44. The number of rotatable bonds is 12. The maximum Gasteiger partial charge on any atom is 0.407 e. The van der Waals surface area contributed by atoms with Crippen molar-refractivity contribution in [2.45, 2.75) is 78.5 Å². The van der Waals surface area contributed by atoms with E-state index in [1.165, 1.54) is 18.9 Å². The molecular formula is C36H48N2O8. The Morgan fingerprint density at radius 1 is 1.07 bits per heavy atom. The number of likely N-dealkylation sites (tertiary alicyclic amines) is 1. The number of amides is 2. The van der Waals surface area contributed by atoms with Crippen LogP contribution in [0.5, 0.6) is 5.75 Å². The zero-order valence-electron chi connectivity index (χ0n) is 28.4. The first-order valence-electron chi connectivity index (χ1n) is 15.4. The molecule has 0 aromatic heterocycles. The smallest absolute Gasteiger partial charge is 0.407 e. The van der Waals surface area contributed by atoms with Gasteiger partial charge in [0.1, 0.15) is 17.8 Å². The number of carbonyl (C=O) groups excluding carboxylic acids is 4. The summed E-state index contributed by atoms with van der Waals surface area (Å²) in [7, 11) is 2.82. The summed E-state index contributed by atoms with van der Waals surface area (Å²) in [4.78, 5) is 54.3. The maximum atomic E-state index is 14.3. The predicted molar refractivity (Wildman–Crippen MR) is 177 cm³/mol. The van der Waals surface area contributed by atoms with E-state index in [4.69, 9.17) is 18.9 Å². The molecule has 0 saturated carbocycles. The van der Waals surface area contributed by atoms with Gasteiger partial charge >= 0.3 is 18.0 Å². The number of carbonyl (C=O) groups is 4. The molecule has 46 heavy (non-hydrogen) atoms. The van der Waals surface area contributed by atoms with Crippen LogP contribution in [0.1, 0.15) is 71.9 Å². The summed E-state index contributed by atoms with van der Waals surface area (Å²) in [6, 6.07) is 7.19. The number of ether oxygens (including phenoxy) is 4. The minimum atomic E-state index is -1.37. The molecule has 0 unspecified atom stereocenters. The van der Waals surface area contributed by atoms with Crippen LogP contribution >= 0.6 is 0 Å². The number of hydrogen-bond acceptors (Lipinski definition) is 8. The highest BCUT2D eigenvalue weighted by Gasteiger charge is 2.54. The number of nitrogens with one attached hydrogen (secondary N) is 1. The van der Waals surface area contributed by atoms with Gasteiger partial charge in [-0.3, -0.25) is 9.59 Å². The highest BCUT2D eigenvalue weighted by Crippen LogP contribution is 2.42. The van der Waals surface area contributed by atoms with Crippen molar-refractivity contribution in [1.82, 2.24) is 10.2 Å². The van der Waals surface area contributed by atoms with Crippen molar-refractivity contribution < 1.29 is 38.1 Å². The molecule has 0 spiro atoms. The van der Waals surface area contributed by atoms with E-state index in [1.807, 2.05) is 36.4 Å². The number of allylic oxidation sites excluding steroid dienone is 1. The quantitative estimate of drug-likeness (QED) is 0.167. The molecule has 0 radical (unpaired) electrons. The molecule has 2 aromatic carbocycles. The molecule has 1 N–H and O–H groups in total. The average Bonchev–Trinajstić information content (AvgIpc) is 3.37. The van der Waals surface area contributed by atoms with E-state index in [0.717, 1.165) is 22.8 Å². The lowest BCUT2D eigenvalue weighted by Crippen LogP contribution is -2.57. The Hall–Kier alpha value is -4.34. The van der Waals surface area contributed by atoms with Crippen LogP contribution in [0.25, 0.3) is 16.8 Å². The van der Waals surface area contributed by atoms with Gasteiger partial charge in [0.05, 0.1) is 27.4 Å². The van der Waals surface area contributed by atoms with E-state index in [2.05, 4.69) is 32.3 Å². The minimum Gasteiger partial charge on any atom is -0.496 e. The Bertz CT molecular complexity index is 1490. The molecule has 2 amide bonds. The number of nitrogens with zero attached hydrogens (tertiary/aromatic N) is 1. The molecule has 10 heteroatoms. The standard InChI is InChI=1S/C36H48N2O8/c1-11-15-35(7,8)16-17-45-33(42)37-30(34(4,5)6)31(40)38-22-36(46-23(3)39,21-28(38)32(41)44-10)27-14-13-25-20-29(43-9)24(12-2)18-26(25)19-27/h11-14,18-20,28,30H,1-2,15-17,21-22H2,3-10H3,(H,37,42)/t28-,30+,36+/m0/s1. The van der Waals surface area contributed by atoms with Crippen LogP contribution in [0.3, 0.4) is 0 Å². The van der Waals surface area contributed by atoms with Crippen LogP contribution in [0, 0.1) is 10.8 Å². The van der Waals surface area contributed by atoms with Crippen LogP contribution < -0.4 is 10.1 Å². The zero-order chi connectivity index (χ0) is 34.4. The Labute approximate surface area is 272 Å². The molecule has 10 nitrogen and oxygen atoms in total. The third-order valence-electron chi connectivity index (χ3n) is 8.44. The first kappa shape index (κ1) is 36.1. The fourth-order valence-corrected chi connectivity index (χ4v) is 5.87. The Morgan fingerprint density at radius 2 is 1.76 bits per heavy atom. The van der Waals surface area contributed by atoms with E-state index in [0.29, 0.717) is 17.7 Å². The Kier molecular flexibility index (Phi) is 11.3. The highest BCUT2D eigenvalue weighted by molar-refractivity contribution is 5.92. The Balaban J connectivity index is 2.00. The van der Waals surface area contributed by atoms with Crippen LogP contribution in [0.15, 0.2) is 49.6 Å². The lowest BCUT2D eigenvalue weighted by Gasteiger charge is -2.35. The topological polar surface area (TPSA) is 120 Å². The molecule has 1 aliphatic heterocycles. The summed E-state index contributed by atoms with van der Waals surface area (Å²) in [6.45, 7) is 18.5. The molecule has 0 aliphatic carbocycles. The van der Waals surface area contributed by atoms with Gasteiger partial charge in [0.15, 0.2) is 5.60 Å². The number of hydrogen-bond donors (Lipinski definition) is 1. The average molecular weight is 637 g/mol. The van der Waals surface area contributed by atoms with E-state index < -0.39 is 47.0 Å². The molecule has 1 saturated heterocycles. The second-order valence-electron chi connectivity index (χ2n) is 13.6. The van der Waals surface area contributed by atoms with Gasteiger partial charge in [0.2, 0.25) is 5.91 Å². The van der Waals surface area contributed by atoms with E-state index >= 15 is 0 Å². The number of alkyl carbamates (subject to hydrolysis) is 1. The third kappa shape index (κ3) is 8.27. The van der Waals surface area contributed by atoms with Crippen molar-refractivity contribution in [2.75, 3.05) is 27.4 Å². The van der Waals surface area contributed by atoms with Crippen molar-refractivity contribution in [3.05, 3.63) is 60.7 Å². The monoisotopic (exact) mass is 636 g/mol. The molecule has 250 valence electrons. The first-order chi connectivity index (χ1) is 21.5.